The van der Waals surface area contributed by atoms with Crippen LogP contribution in [0.1, 0.15) is 26.2 Å². The number of hydrogen-bond acceptors (Lipinski definition) is 4. The fraction of sp³-hybridized carbons (Fsp3) is 0.818. The van der Waals surface area contributed by atoms with Crippen molar-refractivity contribution in [2.45, 2.75) is 32.2 Å². The molecule has 0 heterocycles. The number of nitrogens with zero attached hydrogens (tertiary/aromatic N) is 1. The highest BCUT2D eigenvalue weighted by Gasteiger charge is 2.26. The molecule has 0 aromatic rings. The van der Waals surface area contributed by atoms with Crippen LogP contribution in [0.4, 0.5) is 0 Å². The Labute approximate surface area is 102 Å². The first-order valence-electron chi connectivity index (χ1n) is 5.40. The highest BCUT2D eigenvalue weighted by molar-refractivity contribution is 7.98. The zero-order valence-corrected chi connectivity index (χ0v) is 11.3. The average molecular weight is 247 g/mol. The van der Waals surface area contributed by atoms with Crippen molar-refractivity contribution < 1.29 is 14.3 Å². The Morgan fingerprint density at radius 2 is 2.06 bits per heavy atom. The second-order valence-electron chi connectivity index (χ2n) is 3.58. The van der Waals surface area contributed by atoms with Crippen LogP contribution < -0.4 is 0 Å². The summed E-state index contributed by atoms with van der Waals surface area (Å²) >= 11 is 1.65. The lowest BCUT2D eigenvalue weighted by Gasteiger charge is -2.25. The van der Waals surface area contributed by atoms with Gasteiger partial charge in [0.15, 0.2) is 0 Å². The van der Waals surface area contributed by atoms with Crippen molar-refractivity contribution in [3.63, 3.8) is 0 Å². The number of hydrogen-bond donors (Lipinski definition) is 0. The summed E-state index contributed by atoms with van der Waals surface area (Å²) in [5.41, 5.74) is 0. The van der Waals surface area contributed by atoms with Gasteiger partial charge < -0.3 is 9.64 Å². The zero-order chi connectivity index (χ0) is 12.6. The van der Waals surface area contributed by atoms with E-state index in [9.17, 15) is 9.59 Å². The molecule has 5 heteroatoms. The van der Waals surface area contributed by atoms with Crippen molar-refractivity contribution in [2.24, 2.45) is 0 Å². The molecule has 0 aliphatic carbocycles. The van der Waals surface area contributed by atoms with Crippen molar-refractivity contribution in [2.75, 3.05) is 26.2 Å². The van der Waals surface area contributed by atoms with Crippen LogP contribution in [0.15, 0.2) is 0 Å². The van der Waals surface area contributed by atoms with E-state index in [1.165, 1.54) is 12.0 Å². The molecule has 4 nitrogen and oxygen atoms in total. The van der Waals surface area contributed by atoms with Gasteiger partial charge in [-0.25, -0.2) is 4.79 Å². The van der Waals surface area contributed by atoms with Crippen molar-refractivity contribution in [1.29, 1.82) is 0 Å². The van der Waals surface area contributed by atoms with Gasteiger partial charge in [-0.05, 0) is 24.9 Å². The van der Waals surface area contributed by atoms with Gasteiger partial charge in [0.2, 0.25) is 5.91 Å². The monoisotopic (exact) mass is 247 g/mol. The van der Waals surface area contributed by atoms with E-state index >= 15 is 0 Å². The molecule has 0 N–H and O–H groups in total. The first kappa shape index (κ1) is 15.3. The number of carbonyl (C=O) groups is 2. The van der Waals surface area contributed by atoms with Gasteiger partial charge in [0, 0.05) is 13.5 Å². The van der Waals surface area contributed by atoms with Gasteiger partial charge in [0.05, 0.1) is 7.11 Å². The van der Waals surface area contributed by atoms with Crippen LogP contribution in [0.2, 0.25) is 0 Å². The molecule has 0 aliphatic heterocycles. The first-order chi connectivity index (χ1) is 7.58. The number of likely N-dealkylation sites (N-methyl/N-ethyl adjacent to an activating group) is 1. The van der Waals surface area contributed by atoms with E-state index in [2.05, 4.69) is 0 Å². The van der Waals surface area contributed by atoms with E-state index in [0.29, 0.717) is 12.8 Å². The molecule has 16 heavy (non-hydrogen) atoms. The van der Waals surface area contributed by atoms with Crippen LogP contribution in [0.5, 0.6) is 0 Å². The van der Waals surface area contributed by atoms with Crippen LogP contribution in [0.25, 0.3) is 0 Å². The molecule has 1 amide bonds. The largest absolute Gasteiger partial charge is 0.467 e. The van der Waals surface area contributed by atoms with Gasteiger partial charge in [0.1, 0.15) is 6.04 Å². The molecule has 0 bridgehead atoms. The fourth-order valence-corrected chi connectivity index (χ4v) is 1.86. The summed E-state index contributed by atoms with van der Waals surface area (Å²) in [6, 6.07) is -0.448. The number of rotatable bonds is 7. The molecular weight excluding hydrogens is 226 g/mol. The summed E-state index contributed by atoms with van der Waals surface area (Å²) < 4.78 is 4.72. The number of amides is 1. The van der Waals surface area contributed by atoms with Crippen molar-refractivity contribution in [1.82, 2.24) is 4.90 Å². The summed E-state index contributed by atoms with van der Waals surface area (Å²) in [6.07, 6.45) is 3.88. The van der Waals surface area contributed by atoms with Gasteiger partial charge in [-0.2, -0.15) is 11.8 Å². The maximum atomic E-state index is 11.7. The lowest BCUT2D eigenvalue weighted by atomic mass is 10.2. The molecular formula is C11H21NO3S. The second-order valence-corrected chi connectivity index (χ2v) is 4.56. The minimum atomic E-state index is -0.448. The number of esters is 1. The standard InChI is InChI=1S/C11H21NO3S/c1-5-6-10(13)12(2)9(7-8-16-4)11(14)15-3/h9H,5-8H2,1-4H3/t9-/m0/s1. The van der Waals surface area contributed by atoms with Crippen molar-refractivity contribution >= 4 is 23.6 Å². The van der Waals surface area contributed by atoms with Crippen molar-refractivity contribution in [3.8, 4) is 0 Å². The molecule has 0 saturated heterocycles. The molecule has 0 saturated carbocycles. The highest BCUT2D eigenvalue weighted by atomic mass is 32.2. The molecule has 0 rings (SSSR count). The predicted molar refractivity (Wildman–Crippen MR) is 66.5 cm³/mol. The van der Waals surface area contributed by atoms with E-state index in [0.717, 1.165) is 12.2 Å². The minimum Gasteiger partial charge on any atom is -0.467 e. The Balaban J connectivity index is 4.47. The summed E-state index contributed by atoms with van der Waals surface area (Å²) in [6.45, 7) is 1.95. The van der Waals surface area contributed by atoms with Crippen LogP contribution >= 0.6 is 11.8 Å². The third-order valence-electron chi connectivity index (χ3n) is 2.39. The minimum absolute atomic E-state index is 0.000923. The number of methoxy groups -OCH3 is 1. The maximum absolute atomic E-state index is 11.7. The smallest absolute Gasteiger partial charge is 0.328 e. The Kier molecular flexibility index (Phi) is 8.07. The summed E-state index contributed by atoms with van der Waals surface area (Å²) in [5, 5.41) is 0. The molecule has 0 aliphatic rings. The van der Waals surface area contributed by atoms with Gasteiger partial charge in [-0.15, -0.1) is 0 Å². The quantitative estimate of drug-likeness (QED) is 0.640. The third kappa shape index (κ3) is 4.88. The number of thioether (sulfide) groups is 1. The van der Waals surface area contributed by atoms with Crippen LogP contribution in [0.3, 0.4) is 0 Å². The van der Waals surface area contributed by atoms with Crippen molar-refractivity contribution in [3.05, 3.63) is 0 Å². The lowest BCUT2D eigenvalue weighted by molar-refractivity contribution is -0.151. The Bertz CT molecular complexity index is 231. The molecule has 0 spiro atoms. The zero-order valence-electron chi connectivity index (χ0n) is 10.5. The fourth-order valence-electron chi connectivity index (χ4n) is 1.40. The van der Waals surface area contributed by atoms with Crippen LogP contribution in [-0.4, -0.2) is 49.0 Å². The molecule has 0 fully saturated rings. The van der Waals surface area contributed by atoms with Gasteiger partial charge in [-0.3, -0.25) is 4.79 Å². The molecule has 0 aromatic carbocycles. The summed E-state index contributed by atoms with van der Waals surface area (Å²) in [5.74, 6) is 0.503. The number of carbonyl (C=O) groups excluding carboxylic acids is 2. The second kappa shape index (κ2) is 8.44. The molecule has 0 radical (unpaired) electrons. The molecule has 94 valence electrons. The van der Waals surface area contributed by atoms with Gasteiger partial charge in [0.25, 0.3) is 0 Å². The Morgan fingerprint density at radius 3 is 2.50 bits per heavy atom. The van der Waals surface area contributed by atoms with Gasteiger partial charge >= 0.3 is 5.97 Å². The molecule has 0 unspecified atom stereocenters. The lowest BCUT2D eigenvalue weighted by Crippen LogP contribution is -2.43. The van der Waals surface area contributed by atoms with E-state index in [4.69, 9.17) is 4.74 Å². The number of ether oxygens (including phenoxy) is 1. The van der Waals surface area contributed by atoms with E-state index in [-0.39, 0.29) is 11.9 Å². The molecule has 1 atom stereocenters. The SMILES string of the molecule is CCCC(=O)N(C)[C@@H](CCSC)C(=O)OC. The van der Waals surface area contributed by atoms with Crippen LogP contribution in [-0.2, 0) is 14.3 Å². The van der Waals surface area contributed by atoms with E-state index < -0.39 is 6.04 Å². The van der Waals surface area contributed by atoms with Crippen LogP contribution in [0, 0.1) is 0 Å². The maximum Gasteiger partial charge on any atom is 0.328 e. The molecule has 0 aromatic heterocycles. The van der Waals surface area contributed by atoms with E-state index in [1.54, 1.807) is 18.8 Å². The first-order valence-corrected chi connectivity index (χ1v) is 6.80. The summed E-state index contributed by atoms with van der Waals surface area (Å²) in [4.78, 5) is 24.7. The van der Waals surface area contributed by atoms with Gasteiger partial charge in [-0.1, -0.05) is 6.92 Å². The summed E-state index contributed by atoms with van der Waals surface area (Å²) in [7, 11) is 3.02. The highest BCUT2D eigenvalue weighted by Crippen LogP contribution is 2.10. The average Bonchev–Trinajstić information content (AvgIpc) is 2.29. The van der Waals surface area contributed by atoms with E-state index in [1.807, 2.05) is 13.2 Å². The predicted octanol–water partition coefficient (Wildman–Crippen LogP) is 1.54. The Hall–Kier alpha value is -0.710. The normalized spacial score (nSPS) is 12.0. The Morgan fingerprint density at radius 1 is 1.44 bits per heavy atom. The third-order valence-corrected chi connectivity index (χ3v) is 3.04. The topological polar surface area (TPSA) is 46.6 Å².